The molecule has 0 saturated carbocycles. The second-order valence-electron chi connectivity index (χ2n) is 5.79. The zero-order valence-corrected chi connectivity index (χ0v) is 15.0. The molecule has 1 aliphatic rings. The molecule has 0 unspecified atom stereocenters. The number of aromatic nitrogens is 2. The van der Waals surface area contributed by atoms with Crippen LogP contribution in [0.25, 0.3) is 11.3 Å². The monoisotopic (exact) mass is 394 g/mol. The maximum absolute atomic E-state index is 12.7. The SMILES string of the molecule is Cn1cc(N/C(=C2\C(=O)Nc3ccc(Br)cc32)c2ccccc2)cn1. The van der Waals surface area contributed by atoms with Crippen LogP contribution in [0.4, 0.5) is 11.4 Å². The van der Waals surface area contributed by atoms with E-state index in [1.54, 1.807) is 10.9 Å². The van der Waals surface area contributed by atoms with Crippen molar-refractivity contribution in [3.05, 3.63) is 76.5 Å². The van der Waals surface area contributed by atoms with Crippen LogP contribution in [-0.2, 0) is 11.8 Å². The summed E-state index contributed by atoms with van der Waals surface area (Å²) < 4.78 is 2.64. The summed E-state index contributed by atoms with van der Waals surface area (Å²) >= 11 is 3.49. The number of hydrogen-bond acceptors (Lipinski definition) is 3. The van der Waals surface area contributed by atoms with Crippen LogP contribution < -0.4 is 10.6 Å². The molecule has 0 bridgehead atoms. The quantitative estimate of drug-likeness (QED) is 0.657. The van der Waals surface area contributed by atoms with E-state index < -0.39 is 0 Å². The van der Waals surface area contributed by atoms with Gasteiger partial charge in [-0.15, -0.1) is 0 Å². The van der Waals surface area contributed by atoms with Gasteiger partial charge < -0.3 is 10.6 Å². The van der Waals surface area contributed by atoms with Crippen molar-refractivity contribution in [2.75, 3.05) is 10.6 Å². The van der Waals surface area contributed by atoms with Crippen LogP contribution in [0.2, 0.25) is 0 Å². The molecule has 1 amide bonds. The number of hydrogen-bond donors (Lipinski definition) is 2. The molecule has 0 spiro atoms. The van der Waals surface area contributed by atoms with E-state index >= 15 is 0 Å². The third-order valence-corrected chi connectivity index (χ3v) is 4.51. The second-order valence-corrected chi connectivity index (χ2v) is 6.70. The maximum Gasteiger partial charge on any atom is 0.258 e. The van der Waals surface area contributed by atoms with Gasteiger partial charge in [-0.3, -0.25) is 9.48 Å². The number of benzene rings is 2. The van der Waals surface area contributed by atoms with Crippen molar-refractivity contribution in [3.8, 4) is 0 Å². The van der Waals surface area contributed by atoms with E-state index in [1.165, 1.54) is 0 Å². The lowest BCUT2D eigenvalue weighted by molar-refractivity contribution is -0.110. The number of rotatable bonds is 3. The minimum Gasteiger partial charge on any atom is -0.352 e. The highest BCUT2D eigenvalue weighted by Gasteiger charge is 2.28. The van der Waals surface area contributed by atoms with Crippen LogP contribution >= 0.6 is 15.9 Å². The molecule has 0 aliphatic carbocycles. The third-order valence-electron chi connectivity index (χ3n) is 4.01. The maximum atomic E-state index is 12.7. The van der Waals surface area contributed by atoms with E-state index in [1.807, 2.05) is 61.8 Å². The van der Waals surface area contributed by atoms with Crippen LogP contribution in [-0.4, -0.2) is 15.7 Å². The highest BCUT2D eigenvalue weighted by atomic mass is 79.9. The van der Waals surface area contributed by atoms with Gasteiger partial charge in [0.05, 0.1) is 23.2 Å². The normalized spacial score (nSPS) is 14.9. The van der Waals surface area contributed by atoms with E-state index in [0.717, 1.165) is 32.7 Å². The molecule has 6 heteroatoms. The molecule has 2 aromatic carbocycles. The Kier molecular flexibility index (Phi) is 3.89. The molecule has 25 heavy (non-hydrogen) atoms. The van der Waals surface area contributed by atoms with Gasteiger partial charge >= 0.3 is 0 Å². The molecule has 0 radical (unpaired) electrons. The number of carbonyl (C=O) groups is 1. The Hall–Kier alpha value is -2.86. The molecule has 124 valence electrons. The van der Waals surface area contributed by atoms with Gasteiger partial charge in [0.15, 0.2) is 0 Å². The number of carbonyl (C=O) groups excluding carboxylic acids is 1. The van der Waals surface area contributed by atoms with E-state index in [2.05, 4.69) is 31.7 Å². The summed E-state index contributed by atoms with van der Waals surface area (Å²) in [4.78, 5) is 12.7. The number of fused-ring (bicyclic) bond motifs is 1. The van der Waals surface area contributed by atoms with Gasteiger partial charge in [0.2, 0.25) is 0 Å². The van der Waals surface area contributed by atoms with Gasteiger partial charge in [-0.05, 0) is 23.8 Å². The van der Waals surface area contributed by atoms with Crippen molar-refractivity contribution >= 4 is 44.5 Å². The van der Waals surface area contributed by atoms with Gasteiger partial charge in [-0.2, -0.15) is 5.10 Å². The predicted octanol–water partition coefficient (Wildman–Crippen LogP) is 4.12. The lowest BCUT2D eigenvalue weighted by atomic mass is 10.0. The fourth-order valence-corrected chi connectivity index (χ4v) is 3.26. The smallest absolute Gasteiger partial charge is 0.258 e. The second kappa shape index (κ2) is 6.22. The first kappa shape index (κ1) is 15.7. The first-order valence-corrected chi connectivity index (χ1v) is 8.58. The van der Waals surface area contributed by atoms with Crippen molar-refractivity contribution in [1.82, 2.24) is 9.78 Å². The average molecular weight is 395 g/mol. The standard InChI is InChI=1S/C19H15BrN4O/c1-24-11-14(10-21-24)22-18(12-5-3-2-4-6-12)17-15-9-13(20)7-8-16(15)23-19(17)25/h2-11,22H,1H3,(H,23,25)/b18-17-. The number of nitrogens with one attached hydrogen (secondary N) is 2. The Bertz CT molecular complexity index is 992. The van der Waals surface area contributed by atoms with Crippen molar-refractivity contribution in [2.45, 2.75) is 0 Å². The Morgan fingerprint density at radius 2 is 2.00 bits per heavy atom. The highest BCUT2D eigenvalue weighted by molar-refractivity contribution is 9.10. The number of nitrogens with zero attached hydrogens (tertiary/aromatic N) is 2. The summed E-state index contributed by atoms with van der Waals surface area (Å²) in [7, 11) is 1.86. The van der Waals surface area contributed by atoms with Crippen LogP contribution in [0.15, 0.2) is 65.4 Å². The molecule has 3 aromatic rings. The summed E-state index contributed by atoms with van der Waals surface area (Å²) in [6, 6.07) is 15.6. The largest absolute Gasteiger partial charge is 0.352 e. The summed E-state index contributed by atoms with van der Waals surface area (Å²) in [5.74, 6) is -0.122. The molecule has 5 nitrogen and oxygen atoms in total. The van der Waals surface area contributed by atoms with Crippen LogP contribution in [0, 0.1) is 0 Å². The Morgan fingerprint density at radius 3 is 2.72 bits per heavy atom. The van der Waals surface area contributed by atoms with Crippen molar-refractivity contribution in [1.29, 1.82) is 0 Å². The van der Waals surface area contributed by atoms with Gasteiger partial charge in [0.25, 0.3) is 5.91 Å². The zero-order chi connectivity index (χ0) is 17.4. The Balaban J connectivity index is 1.92. The topological polar surface area (TPSA) is 59.0 Å². The van der Waals surface area contributed by atoms with E-state index in [0.29, 0.717) is 5.57 Å². The minimum absolute atomic E-state index is 0.122. The van der Waals surface area contributed by atoms with Crippen molar-refractivity contribution < 1.29 is 4.79 Å². The number of aryl methyl sites for hydroxylation is 1. The molecular formula is C19H15BrN4O. The van der Waals surface area contributed by atoms with Gasteiger partial charge in [0.1, 0.15) is 0 Å². The van der Waals surface area contributed by atoms with Gasteiger partial charge in [0, 0.05) is 29.0 Å². The summed E-state index contributed by atoms with van der Waals surface area (Å²) in [6.07, 6.45) is 3.61. The predicted molar refractivity (Wildman–Crippen MR) is 103 cm³/mol. The molecule has 4 rings (SSSR count). The molecule has 1 aliphatic heterocycles. The highest BCUT2D eigenvalue weighted by Crippen LogP contribution is 2.38. The van der Waals surface area contributed by atoms with Crippen molar-refractivity contribution in [3.63, 3.8) is 0 Å². The Morgan fingerprint density at radius 1 is 1.20 bits per heavy atom. The fourth-order valence-electron chi connectivity index (χ4n) is 2.90. The third kappa shape index (κ3) is 2.96. The summed E-state index contributed by atoms with van der Waals surface area (Å²) in [5.41, 5.74) is 4.81. The van der Waals surface area contributed by atoms with Crippen LogP contribution in [0.5, 0.6) is 0 Å². The van der Waals surface area contributed by atoms with E-state index in [9.17, 15) is 4.79 Å². The molecule has 2 heterocycles. The molecule has 0 saturated heterocycles. The minimum atomic E-state index is -0.122. The van der Waals surface area contributed by atoms with Crippen LogP contribution in [0.3, 0.4) is 0 Å². The molecule has 1 aromatic heterocycles. The van der Waals surface area contributed by atoms with Gasteiger partial charge in [-0.25, -0.2) is 0 Å². The van der Waals surface area contributed by atoms with Crippen LogP contribution in [0.1, 0.15) is 11.1 Å². The Labute approximate surface area is 153 Å². The van der Waals surface area contributed by atoms with E-state index in [-0.39, 0.29) is 5.91 Å². The lowest BCUT2D eigenvalue weighted by Gasteiger charge is -2.13. The lowest BCUT2D eigenvalue weighted by Crippen LogP contribution is -2.09. The van der Waals surface area contributed by atoms with Gasteiger partial charge in [-0.1, -0.05) is 46.3 Å². The number of amides is 1. The molecule has 0 fully saturated rings. The first-order valence-electron chi connectivity index (χ1n) is 7.78. The van der Waals surface area contributed by atoms with E-state index in [4.69, 9.17) is 0 Å². The average Bonchev–Trinajstić information content (AvgIpc) is 3.16. The summed E-state index contributed by atoms with van der Waals surface area (Å²) in [5, 5.41) is 10.5. The number of anilines is 2. The molecule has 2 N–H and O–H groups in total. The fraction of sp³-hybridized carbons (Fsp3) is 0.0526. The molecular weight excluding hydrogens is 380 g/mol. The summed E-state index contributed by atoms with van der Waals surface area (Å²) in [6.45, 7) is 0. The number of halogens is 1. The first-order chi connectivity index (χ1) is 12.1. The zero-order valence-electron chi connectivity index (χ0n) is 13.5. The molecule has 0 atom stereocenters. The van der Waals surface area contributed by atoms with Crippen molar-refractivity contribution in [2.24, 2.45) is 7.05 Å².